The van der Waals surface area contributed by atoms with Gasteiger partial charge in [0.05, 0.1) is 30.0 Å². The van der Waals surface area contributed by atoms with E-state index in [1.807, 2.05) is 6.92 Å². The van der Waals surface area contributed by atoms with Gasteiger partial charge in [-0.05, 0) is 25.5 Å². The van der Waals surface area contributed by atoms with Crippen molar-refractivity contribution < 1.29 is 18.0 Å². The predicted octanol–water partition coefficient (Wildman–Crippen LogP) is 2.40. The molecule has 1 aliphatic heterocycles. The van der Waals surface area contributed by atoms with Crippen molar-refractivity contribution >= 4 is 34.4 Å². The Balaban J connectivity index is 1.53. The highest BCUT2D eigenvalue weighted by molar-refractivity contribution is 5.89. The molecule has 2 N–H and O–H groups in total. The van der Waals surface area contributed by atoms with Gasteiger partial charge >= 0.3 is 0 Å². The summed E-state index contributed by atoms with van der Waals surface area (Å²) in [4.78, 5) is 21.5. The quantitative estimate of drug-likeness (QED) is 0.440. The number of carbonyl (C=O) groups excluding carboxylic acids is 1. The Labute approximate surface area is 197 Å². The van der Waals surface area contributed by atoms with Gasteiger partial charge < -0.3 is 15.5 Å². The van der Waals surface area contributed by atoms with Crippen LogP contribution in [-0.4, -0.2) is 77.5 Å². The molecule has 14 heteroatoms. The number of halogens is 3. The lowest BCUT2D eigenvalue weighted by molar-refractivity contribution is -0.140. The molecule has 0 saturated carbocycles. The number of anilines is 2. The third-order valence-corrected chi connectivity index (χ3v) is 6.08. The van der Waals surface area contributed by atoms with E-state index in [1.54, 1.807) is 23.9 Å². The molecule has 5 rings (SSSR count). The summed E-state index contributed by atoms with van der Waals surface area (Å²) >= 11 is 0. The summed E-state index contributed by atoms with van der Waals surface area (Å²) in [5, 5.41) is 17.9. The zero-order valence-electron chi connectivity index (χ0n) is 19.3. The number of alkyl halides is 2. The summed E-state index contributed by atoms with van der Waals surface area (Å²) in [5.74, 6) is -4.06. The first kappa shape index (κ1) is 22.8. The smallest absolute Gasteiger partial charge is 0.285 e. The Morgan fingerprint density at radius 1 is 1.29 bits per heavy atom. The van der Waals surface area contributed by atoms with Gasteiger partial charge in [-0.1, -0.05) is 5.21 Å². The summed E-state index contributed by atoms with van der Waals surface area (Å²) < 4.78 is 47.4. The lowest BCUT2D eigenvalue weighted by atomic mass is 10.0. The van der Waals surface area contributed by atoms with Crippen molar-refractivity contribution in [2.45, 2.75) is 38.8 Å². The lowest BCUT2D eigenvalue weighted by Gasteiger charge is -2.38. The van der Waals surface area contributed by atoms with E-state index in [4.69, 9.17) is 0 Å². The van der Waals surface area contributed by atoms with Crippen LogP contribution in [-0.2, 0) is 11.3 Å². The van der Waals surface area contributed by atoms with E-state index in [2.05, 4.69) is 36.0 Å². The maximum Gasteiger partial charge on any atom is 0.285 e. The molecule has 5 heterocycles. The molecule has 11 nitrogen and oxygen atoms in total. The zero-order chi connectivity index (χ0) is 24.9. The van der Waals surface area contributed by atoms with E-state index in [-0.39, 0.29) is 30.3 Å². The van der Waals surface area contributed by atoms with E-state index in [0.717, 1.165) is 11.1 Å². The van der Waals surface area contributed by atoms with Crippen molar-refractivity contribution in [3.63, 3.8) is 0 Å². The molecule has 0 aliphatic carbocycles. The molecule has 1 atom stereocenters. The van der Waals surface area contributed by atoms with Gasteiger partial charge in [0.2, 0.25) is 11.9 Å². The summed E-state index contributed by atoms with van der Waals surface area (Å²) in [5.41, 5.74) is 1.88. The average Bonchev–Trinajstić information content (AvgIpc) is 3.38. The number of hydrogen-bond donors (Lipinski definition) is 2. The maximum atomic E-state index is 15.2. The Morgan fingerprint density at radius 2 is 2.09 bits per heavy atom. The highest BCUT2D eigenvalue weighted by Gasteiger charge is 2.45. The fourth-order valence-electron chi connectivity index (χ4n) is 4.28. The topological polar surface area (TPSA) is 118 Å². The number of rotatable bonds is 5. The van der Waals surface area contributed by atoms with Gasteiger partial charge in [0.15, 0.2) is 17.3 Å². The molecule has 184 valence electrons. The number of amides is 1. The summed E-state index contributed by atoms with van der Waals surface area (Å²) in [6, 6.07) is 2.04. The molecular weight excluding hydrogens is 465 g/mol. The van der Waals surface area contributed by atoms with Crippen LogP contribution >= 0.6 is 0 Å². The predicted molar refractivity (Wildman–Crippen MR) is 122 cm³/mol. The average molecular weight is 488 g/mol. The fourth-order valence-corrected chi connectivity index (χ4v) is 4.28. The summed E-state index contributed by atoms with van der Waals surface area (Å²) in [6.07, 6.45) is 1.16. The molecule has 4 aromatic rings. The normalized spacial score (nSPS) is 17.8. The molecule has 1 aliphatic rings. The molecule has 0 radical (unpaired) electrons. The Kier molecular flexibility index (Phi) is 5.44. The highest BCUT2D eigenvalue weighted by atomic mass is 19.3. The first-order valence-corrected chi connectivity index (χ1v) is 11.1. The molecule has 4 aromatic heterocycles. The second-order valence-corrected chi connectivity index (χ2v) is 8.31. The van der Waals surface area contributed by atoms with Gasteiger partial charge in [-0.15, -0.1) is 10.2 Å². The van der Waals surface area contributed by atoms with Gasteiger partial charge in [-0.3, -0.25) is 4.79 Å². The summed E-state index contributed by atoms with van der Waals surface area (Å²) in [6.45, 7) is 3.19. The first-order chi connectivity index (χ1) is 16.7. The van der Waals surface area contributed by atoms with Crippen molar-refractivity contribution in [3.8, 4) is 11.3 Å². The van der Waals surface area contributed by atoms with Crippen molar-refractivity contribution in [1.82, 2.24) is 39.5 Å². The number of hydrogen-bond acceptors (Lipinski definition) is 8. The standard InChI is InChI=1S/C21H23F3N10O/c1-4-33-19-14(29-31-33)6-5-13(26-19)16-12(22)9-34-17(16)18(25-3)28-20(30-34)27-15-7-8-32(11(2)35)10-21(15,23)24/h5-6,9,15H,4,7-8,10H2,1-3H3,(H2,25,27,28,30)/t15-/m1/s1. The molecule has 0 bridgehead atoms. The van der Waals surface area contributed by atoms with Crippen molar-refractivity contribution in [2.24, 2.45) is 0 Å². The van der Waals surface area contributed by atoms with Crippen LogP contribution in [0.3, 0.4) is 0 Å². The van der Waals surface area contributed by atoms with Crippen molar-refractivity contribution in [2.75, 3.05) is 30.8 Å². The second-order valence-electron chi connectivity index (χ2n) is 8.31. The van der Waals surface area contributed by atoms with Gasteiger partial charge in [-0.2, -0.15) is 4.98 Å². The maximum absolute atomic E-state index is 15.2. The number of nitrogens with one attached hydrogen (secondary N) is 2. The third kappa shape index (κ3) is 3.88. The molecular formula is C21H23F3N10O. The van der Waals surface area contributed by atoms with E-state index >= 15 is 4.39 Å². The van der Waals surface area contributed by atoms with Gasteiger partial charge in [0, 0.05) is 27.1 Å². The number of fused-ring (bicyclic) bond motifs is 2. The zero-order valence-corrected chi connectivity index (χ0v) is 19.3. The van der Waals surface area contributed by atoms with Crippen LogP contribution in [0.5, 0.6) is 0 Å². The summed E-state index contributed by atoms with van der Waals surface area (Å²) in [7, 11) is 1.59. The number of aromatic nitrogens is 7. The number of likely N-dealkylation sites (tertiary alicyclic amines) is 1. The van der Waals surface area contributed by atoms with Crippen molar-refractivity contribution in [3.05, 3.63) is 24.1 Å². The Bertz CT molecular complexity index is 1430. The molecule has 35 heavy (non-hydrogen) atoms. The van der Waals surface area contributed by atoms with Crippen molar-refractivity contribution in [1.29, 1.82) is 0 Å². The fraction of sp³-hybridized carbons (Fsp3) is 0.429. The molecule has 0 unspecified atom stereocenters. The van der Waals surface area contributed by atoms with E-state index in [0.29, 0.717) is 28.9 Å². The van der Waals surface area contributed by atoms with Crippen LogP contribution in [0.15, 0.2) is 18.3 Å². The minimum atomic E-state index is -3.19. The van der Waals surface area contributed by atoms with Crippen LogP contribution in [0, 0.1) is 5.82 Å². The molecule has 1 saturated heterocycles. The monoisotopic (exact) mass is 488 g/mol. The molecule has 0 aromatic carbocycles. The molecule has 0 spiro atoms. The molecule has 1 amide bonds. The SMILES string of the molecule is CCn1nnc2ccc(-c3c(F)cn4nc(N[C@@H]5CCN(C(C)=O)CC5(F)F)nc(NC)c34)nc21. The minimum absolute atomic E-state index is 0.0111. The number of piperidine rings is 1. The lowest BCUT2D eigenvalue weighted by Crippen LogP contribution is -2.55. The number of pyridine rings is 1. The van der Waals surface area contributed by atoms with Gasteiger partial charge in [0.25, 0.3) is 5.92 Å². The van der Waals surface area contributed by atoms with Crippen LogP contribution in [0.1, 0.15) is 20.3 Å². The van der Waals surface area contributed by atoms with Crippen LogP contribution in [0.2, 0.25) is 0 Å². The number of carbonyl (C=O) groups is 1. The minimum Gasteiger partial charge on any atom is -0.371 e. The van der Waals surface area contributed by atoms with Crippen LogP contribution in [0.25, 0.3) is 27.9 Å². The third-order valence-electron chi connectivity index (χ3n) is 6.08. The van der Waals surface area contributed by atoms with E-state index in [9.17, 15) is 13.6 Å². The highest BCUT2D eigenvalue weighted by Crippen LogP contribution is 2.34. The first-order valence-electron chi connectivity index (χ1n) is 11.1. The second kappa shape index (κ2) is 8.36. The largest absolute Gasteiger partial charge is 0.371 e. The Hall–Kier alpha value is -3.97. The van der Waals surface area contributed by atoms with E-state index in [1.165, 1.54) is 11.4 Å². The Morgan fingerprint density at radius 3 is 2.77 bits per heavy atom. The molecule has 1 fully saturated rings. The van der Waals surface area contributed by atoms with E-state index < -0.39 is 30.2 Å². The van der Waals surface area contributed by atoms with Gasteiger partial charge in [-0.25, -0.2) is 27.4 Å². The van der Waals surface area contributed by atoms with Crippen LogP contribution < -0.4 is 10.6 Å². The number of nitrogens with zero attached hydrogens (tertiary/aromatic N) is 8. The van der Waals surface area contributed by atoms with Gasteiger partial charge in [0.1, 0.15) is 11.0 Å². The number of aryl methyl sites for hydroxylation is 1. The van der Waals surface area contributed by atoms with Crippen LogP contribution in [0.4, 0.5) is 24.9 Å².